The number of benzene rings is 1. The number of hydrogen-bond acceptors (Lipinski definition) is 5. The van der Waals surface area contributed by atoms with Gasteiger partial charge in [0.2, 0.25) is 5.75 Å². The molecule has 0 aliphatic heterocycles. The molecular formula is C17H17N3O3. The highest BCUT2D eigenvalue weighted by Crippen LogP contribution is 2.44. The van der Waals surface area contributed by atoms with Crippen LogP contribution < -0.4 is 14.2 Å². The minimum absolute atomic E-state index is 0.537. The molecule has 0 fully saturated rings. The maximum atomic E-state index is 5.50. The molecule has 6 nitrogen and oxygen atoms in total. The Balaban J connectivity index is 2.07. The SMILES string of the molecule is COc1ccc(-c2cc(-c3ccccn3)[nH]n2)c(OC)c1OC. The van der Waals surface area contributed by atoms with Crippen LogP contribution in [0, 0.1) is 0 Å². The first kappa shape index (κ1) is 14.9. The van der Waals surface area contributed by atoms with Crippen molar-refractivity contribution in [2.75, 3.05) is 21.3 Å². The molecule has 118 valence electrons. The van der Waals surface area contributed by atoms with Gasteiger partial charge >= 0.3 is 0 Å². The zero-order valence-electron chi connectivity index (χ0n) is 13.2. The molecule has 0 unspecified atom stereocenters. The van der Waals surface area contributed by atoms with Gasteiger partial charge < -0.3 is 14.2 Å². The van der Waals surface area contributed by atoms with Gasteiger partial charge in [0.05, 0.1) is 38.4 Å². The third-order valence-electron chi connectivity index (χ3n) is 3.50. The van der Waals surface area contributed by atoms with Crippen LogP contribution in [-0.4, -0.2) is 36.5 Å². The van der Waals surface area contributed by atoms with Crippen molar-refractivity contribution in [2.45, 2.75) is 0 Å². The number of H-pyrrole nitrogens is 1. The molecule has 1 aromatic carbocycles. The Hall–Kier alpha value is -3.02. The lowest BCUT2D eigenvalue weighted by Gasteiger charge is -2.14. The van der Waals surface area contributed by atoms with E-state index in [1.54, 1.807) is 27.5 Å². The fourth-order valence-corrected chi connectivity index (χ4v) is 2.42. The Morgan fingerprint density at radius 3 is 2.35 bits per heavy atom. The Bertz CT molecular complexity index is 800. The molecule has 2 heterocycles. The lowest BCUT2D eigenvalue weighted by atomic mass is 10.1. The van der Waals surface area contributed by atoms with Gasteiger partial charge in [0.15, 0.2) is 11.5 Å². The van der Waals surface area contributed by atoms with Crippen molar-refractivity contribution in [2.24, 2.45) is 0 Å². The lowest BCUT2D eigenvalue weighted by molar-refractivity contribution is 0.325. The van der Waals surface area contributed by atoms with Gasteiger partial charge in [0.1, 0.15) is 0 Å². The first-order valence-corrected chi connectivity index (χ1v) is 7.04. The molecule has 1 N–H and O–H groups in total. The Labute approximate surface area is 134 Å². The molecule has 0 aliphatic rings. The van der Waals surface area contributed by atoms with Crippen LogP contribution in [0.25, 0.3) is 22.6 Å². The monoisotopic (exact) mass is 311 g/mol. The number of hydrogen-bond donors (Lipinski definition) is 1. The number of ether oxygens (including phenoxy) is 3. The molecule has 0 amide bonds. The number of aromatic amines is 1. The summed E-state index contributed by atoms with van der Waals surface area (Å²) in [6.45, 7) is 0. The molecule has 6 heteroatoms. The number of rotatable bonds is 5. The smallest absolute Gasteiger partial charge is 0.203 e. The van der Waals surface area contributed by atoms with Crippen LogP contribution in [-0.2, 0) is 0 Å². The van der Waals surface area contributed by atoms with E-state index >= 15 is 0 Å². The summed E-state index contributed by atoms with van der Waals surface area (Å²) in [7, 11) is 4.76. The van der Waals surface area contributed by atoms with Crippen molar-refractivity contribution < 1.29 is 14.2 Å². The first-order chi connectivity index (χ1) is 11.3. The highest BCUT2D eigenvalue weighted by molar-refractivity contribution is 5.76. The number of nitrogens with zero attached hydrogens (tertiary/aromatic N) is 2. The van der Waals surface area contributed by atoms with E-state index in [9.17, 15) is 0 Å². The molecule has 0 radical (unpaired) electrons. The zero-order valence-corrected chi connectivity index (χ0v) is 13.2. The Morgan fingerprint density at radius 1 is 0.870 bits per heavy atom. The molecule has 2 aromatic heterocycles. The summed E-state index contributed by atoms with van der Waals surface area (Å²) in [6, 6.07) is 11.4. The van der Waals surface area contributed by atoms with Gasteiger partial charge in [-0.15, -0.1) is 0 Å². The van der Waals surface area contributed by atoms with Crippen molar-refractivity contribution in [3.05, 3.63) is 42.6 Å². The number of pyridine rings is 1. The van der Waals surface area contributed by atoms with E-state index in [0.29, 0.717) is 17.2 Å². The van der Waals surface area contributed by atoms with E-state index in [1.807, 2.05) is 36.4 Å². The molecule has 0 spiro atoms. The summed E-state index contributed by atoms with van der Waals surface area (Å²) in [4.78, 5) is 4.31. The zero-order chi connectivity index (χ0) is 16.2. The summed E-state index contributed by atoms with van der Waals surface area (Å²) in [5.74, 6) is 1.72. The average molecular weight is 311 g/mol. The summed E-state index contributed by atoms with van der Waals surface area (Å²) in [5, 5.41) is 7.36. The van der Waals surface area contributed by atoms with Crippen LogP contribution in [0.2, 0.25) is 0 Å². The average Bonchev–Trinajstić information content (AvgIpc) is 3.10. The standard InChI is InChI=1S/C17H17N3O3/c1-21-15-8-7-11(16(22-2)17(15)23-3)13-10-14(20-19-13)12-6-4-5-9-18-12/h4-10H,1-3H3,(H,19,20). The van der Waals surface area contributed by atoms with Crippen molar-refractivity contribution in [1.29, 1.82) is 0 Å². The van der Waals surface area contributed by atoms with E-state index in [4.69, 9.17) is 14.2 Å². The second kappa shape index (κ2) is 6.39. The molecule has 0 saturated carbocycles. The van der Waals surface area contributed by atoms with Crippen LogP contribution in [0.3, 0.4) is 0 Å². The lowest BCUT2D eigenvalue weighted by Crippen LogP contribution is -1.97. The van der Waals surface area contributed by atoms with Gasteiger partial charge in [-0.2, -0.15) is 5.10 Å². The topological polar surface area (TPSA) is 69.3 Å². The molecule has 3 aromatic rings. The van der Waals surface area contributed by atoms with E-state index in [2.05, 4.69) is 15.2 Å². The Morgan fingerprint density at radius 2 is 1.70 bits per heavy atom. The highest BCUT2D eigenvalue weighted by Gasteiger charge is 2.19. The fourth-order valence-electron chi connectivity index (χ4n) is 2.42. The quantitative estimate of drug-likeness (QED) is 0.784. The third kappa shape index (κ3) is 2.70. The minimum atomic E-state index is 0.537. The first-order valence-electron chi connectivity index (χ1n) is 7.04. The normalized spacial score (nSPS) is 10.4. The van der Waals surface area contributed by atoms with Crippen molar-refractivity contribution in [1.82, 2.24) is 15.2 Å². The van der Waals surface area contributed by atoms with Crippen LogP contribution in [0.1, 0.15) is 0 Å². The van der Waals surface area contributed by atoms with Gasteiger partial charge in [-0.05, 0) is 30.3 Å². The predicted molar refractivity (Wildman–Crippen MR) is 86.9 cm³/mol. The van der Waals surface area contributed by atoms with Gasteiger partial charge in [-0.3, -0.25) is 10.1 Å². The van der Waals surface area contributed by atoms with Crippen molar-refractivity contribution in [3.8, 4) is 39.9 Å². The van der Waals surface area contributed by atoms with Crippen LogP contribution in [0.5, 0.6) is 17.2 Å². The maximum absolute atomic E-state index is 5.50. The number of nitrogens with one attached hydrogen (secondary N) is 1. The summed E-state index contributed by atoms with van der Waals surface area (Å²) < 4.78 is 16.2. The van der Waals surface area contributed by atoms with Gasteiger partial charge in [0, 0.05) is 11.8 Å². The van der Waals surface area contributed by atoms with E-state index < -0.39 is 0 Å². The van der Waals surface area contributed by atoms with E-state index in [1.165, 1.54) is 0 Å². The largest absolute Gasteiger partial charge is 0.493 e. The molecule has 3 rings (SSSR count). The molecule has 0 bridgehead atoms. The maximum Gasteiger partial charge on any atom is 0.203 e. The third-order valence-corrected chi connectivity index (χ3v) is 3.50. The number of methoxy groups -OCH3 is 3. The molecular weight excluding hydrogens is 294 g/mol. The second-order valence-electron chi connectivity index (χ2n) is 4.76. The van der Waals surface area contributed by atoms with Crippen molar-refractivity contribution >= 4 is 0 Å². The molecule has 0 aliphatic carbocycles. The van der Waals surface area contributed by atoms with Crippen LogP contribution >= 0.6 is 0 Å². The summed E-state index contributed by atoms with van der Waals surface area (Å²) in [5.41, 5.74) is 3.20. The van der Waals surface area contributed by atoms with E-state index in [-0.39, 0.29) is 0 Å². The predicted octanol–water partition coefficient (Wildman–Crippen LogP) is 3.16. The molecule has 0 saturated heterocycles. The summed E-state index contributed by atoms with van der Waals surface area (Å²) in [6.07, 6.45) is 1.74. The molecule has 0 atom stereocenters. The Kier molecular flexibility index (Phi) is 4.14. The van der Waals surface area contributed by atoms with Gasteiger partial charge in [-0.25, -0.2) is 0 Å². The van der Waals surface area contributed by atoms with Crippen LogP contribution in [0.15, 0.2) is 42.6 Å². The van der Waals surface area contributed by atoms with Crippen LogP contribution in [0.4, 0.5) is 0 Å². The second-order valence-corrected chi connectivity index (χ2v) is 4.76. The summed E-state index contributed by atoms with van der Waals surface area (Å²) >= 11 is 0. The fraction of sp³-hybridized carbons (Fsp3) is 0.176. The van der Waals surface area contributed by atoms with Crippen molar-refractivity contribution in [3.63, 3.8) is 0 Å². The van der Waals surface area contributed by atoms with Gasteiger partial charge in [0.25, 0.3) is 0 Å². The van der Waals surface area contributed by atoms with Gasteiger partial charge in [-0.1, -0.05) is 6.07 Å². The minimum Gasteiger partial charge on any atom is -0.493 e. The molecule has 23 heavy (non-hydrogen) atoms. The number of aromatic nitrogens is 3. The highest BCUT2D eigenvalue weighted by atomic mass is 16.5. The van der Waals surface area contributed by atoms with E-state index in [0.717, 1.165) is 22.6 Å².